The van der Waals surface area contributed by atoms with E-state index in [4.69, 9.17) is 9.84 Å². The molecule has 3 nitrogen and oxygen atoms in total. The van der Waals surface area contributed by atoms with Crippen LogP contribution in [0.4, 0.5) is 0 Å². The van der Waals surface area contributed by atoms with Crippen molar-refractivity contribution in [3.05, 3.63) is 28.8 Å². The number of halogens is 1. The van der Waals surface area contributed by atoms with Crippen LogP contribution < -0.4 is 4.74 Å². The molecule has 1 unspecified atom stereocenters. The summed E-state index contributed by atoms with van der Waals surface area (Å²) >= 11 is 3.39. The second-order valence-corrected chi connectivity index (χ2v) is 5.47. The molecule has 1 atom stereocenters. The van der Waals surface area contributed by atoms with Gasteiger partial charge in [-0.3, -0.25) is 4.79 Å². The molecule has 0 heterocycles. The predicted molar refractivity (Wildman–Crippen MR) is 71.1 cm³/mol. The molecule has 17 heavy (non-hydrogen) atoms. The highest BCUT2D eigenvalue weighted by Gasteiger charge is 2.14. The van der Waals surface area contributed by atoms with Crippen molar-refractivity contribution < 1.29 is 14.6 Å². The minimum Gasteiger partial charge on any atom is -0.496 e. The summed E-state index contributed by atoms with van der Waals surface area (Å²) in [4.78, 5) is 10.6. The molecule has 0 aliphatic heterocycles. The Morgan fingerprint density at radius 2 is 2.12 bits per heavy atom. The summed E-state index contributed by atoms with van der Waals surface area (Å²) in [6.07, 6.45) is 0.758. The first-order valence-corrected chi connectivity index (χ1v) is 6.35. The number of aryl methyl sites for hydroxylation is 2. The summed E-state index contributed by atoms with van der Waals surface area (Å²) in [5.41, 5.74) is 3.29. The van der Waals surface area contributed by atoms with Crippen molar-refractivity contribution in [2.24, 2.45) is 0 Å². The molecule has 0 aliphatic carbocycles. The highest BCUT2D eigenvalue weighted by molar-refractivity contribution is 9.09. The first kappa shape index (κ1) is 14.0. The Morgan fingerprint density at radius 3 is 2.65 bits per heavy atom. The van der Waals surface area contributed by atoms with Crippen molar-refractivity contribution in [3.63, 3.8) is 0 Å². The van der Waals surface area contributed by atoms with Crippen LogP contribution in [0.5, 0.6) is 5.75 Å². The van der Waals surface area contributed by atoms with Gasteiger partial charge < -0.3 is 9.84 Å². The molecule has 4 heteroatoms. The van der Waals surface area contributed by atoms with Crippen LogP contribution in [0.25, 0.3) is 0 Å². The van der Waals surface area contributed by atoms with E-state index in [0.29, 0.717) is 6.42 Å². The second-order valence-electron chi connectivity index (χ2n) is 4.17. The highest BCUT2D eigenvalue weighted by atomic mass is 79.9. The Hall–Kier alpha value is -1.03. The first-order valence-electron chi connectivity index (χ1n) is 5.44. The number of hydrogen-bond acceptors (Lipinski definition) is 2. The number of hydrogen-bond donors (Lipinski definition) is 1. The van der Waals surface area contributed by atoms with Gasteiger partial charge in [0.2, 0.25) is 0 Å². The van der Waals surface area contributed by atoms with Crippen molar-refractivity contribution in [2.75, 3.05) is 7.11 Å². The summed E-state index contributed by atoms with van der Waals surface area (Å²) in [7, 11) is 1.64. The van der Waals surface area contributed by atoms with Gasteiger partial charge in [0.15, 0.2) is 0 Å². The summed E-state index contributed by atoms with van der Waals surface area (Å²) < 4.78 is 5.37. The van der Waals surface area contributed by atoms with Crippen LogP contribution in [0, 0.1) is 13.8 Å². The van der Waals surface area contributed by atoms with Crippen LogP contribution in [0.15, 0.2) is 12.1 Å². The number of aliphatic carboxylic acids is 1. The molecule has 1 N–H and O–H groups in total. The molecule has 1 aromatic rings. The van der Waals surface area contributed by atoms with E-state index in [9.17, 15) is 4.79 Å². The van der Waals surface area contributed by atoms with E-state index in [1.54, 1.807) is 7.11 Å². The molecule has 0 radical (unpaired) electrons. The smallest absolute Gasteiger partial charge is 0.304 e. The molecule has 0 saturated heterocycles. The molecule has 94 valence electrons. The van der Waals surface area contributed by atoms with Crippen molar-refractivity contribution in [1.29, 1.82) is 0 Å². The molecular formula is C13H17BrO3. The zero-order chi connectivity index (χ0) is 13.0. The predicted octanol–water partition coefficient (Wildman–Crippen LogP) is 3.09. The lowest BCUT2D eigenvalue weighted by Gasteiger charge is -2.14. The monoisotopic (exact) mass is 300 g/mol. The average Bonchev–Trinajstić information content (AvgIpc) is 2.15. The fraction of sp³-hybridized carbons (Fsp3) is 0.462. The largest absolute Gasteiger partial charge is 0.496 e. The number of carboxylic acids is 1. The highest BCUT2D eigenvalue weighted by Crippen LogP contribution is 2.28. The van der Waals surface area contributed by atoms with E-state index in [-0.39, 0.29) is 11.2 Å². The van der Waals surface area contributed by atoms with Crippen LogP contribution in [-0.2, 0) is 11.2 Å². The van der Waals surface area contributed by atoms with Gasteiger partial charge in [-0.25, -0.2) is 0 Å². The molecular weight excluding hydrogens is 284 g/mol. The molecule has 0 aromatic heterocycles. The van der Waals surface area contributed by atoms with Crippen LogP contribution in [0.1, 0.15) is 23.1 Å². The second kappa shape index (κ2) is 6.05. The number of carbonyl (C=O) groups is 1. The molecule has 1 aromatic carbocycles. The quantitative estimate of drug-likeness (QED) is 0.850. The summed E-state index contributed by atoms with van der Waals surface area (Å²) in [6.45, 7) is 4.02. The van der Waals surface area contributed by atoms with Crippen molar-refractivity contribution in [1.82, 2.24) is 0 Å². The zero-order valence-electron chi connectivity index (χ0n) is 10.3. The fourth-order valence-corrected chi connectivity index (χ4v) is 2.61. The Labute approximate surface area is 110 Å². The van der Waals surface area contributed by atoms with Crippen LogP contribution >= 0.6 is 15.9 Å². The summed E-state index contributed by atoms with van der Waals surface area (Å²) in [6, 6.07) is 4.10. The van der Waals surface area contributed by atoms with E-state index in [0.717, 1.165) is 22.4 Å². The Balaban J connectivity index is 2.92. The molecule has 0 bridgehead atoms. The summed E-state index contributed by atoms with van der Waals surface area (Å²) in [5, 5.41) is 8.74. The Bertz CT molecular complexity index is 415. The van der Waals surface area contributed by atoms with Crippen LogP contribution in [-0.4, -0.2) is 23.0 Å². The minimum atomic E-state index is -0.796. The number of methoxy groups -OCH3 is 1. The third-order valence-corrected chi connectivity index (χ3v) is 3.19. The lowest BCUT2D eigenvalue weighted by atomic mass is 10.0. The van der Waals surface area contributed by atoms with E-state index >= 15 is 0 Å². The SMILES string of the molecule is COc1c(C)cc(C)cc1CC(Br)CC(=O)O. The maximum absolute atomic E-state index is 10.6. The molecule has 0 aliphatic rings. The van der Waals surface area contributed by atoms with Gasteiger partial charge in [0.05, 0.1) is 13.5 Å². The molecule has 1 rings (SSSR count). The van der Waals surface area contributed by atoms with Crippen molar-refractivity contribution in [2.45, 2.75) is 31.5 Å². The average molecular weight is 301 g/mol. The Morgan fingerprint density at radius 1 is 1.47 bits per heavy atom. The molecule has 0 amide bonds. The number of benzene rings is 1. The first-order chi connectivity index (χ1) is 7.93. The topological polar surface area (TPSA) is 46.5 Å². The van der Waals surface area contributed by atoms with Crippen LogP contribution in [0.2, 0.25) is 0 Å². The standard InChI is InChI=1S/C13H17BrO3/c1-8-4-9(2)13(17-3)10(5-8)6-11(14)7-12(15)16/h4-5,11H,6-7H2,1-3H3,(H,15,16). The van der Waals surface area contributed by atoms with Crippen molar-refractivity contribution >= 4 is 21.9 Å². The normalized spacial score (nSPS) is 12.2. The summed E-state index contributed by atoms with van der Waals surface area (Å²) in [5.74, 6) is 0.0562. The van der Waals surface area contributed by atoms with E-state index in [1.807, 2.05) is 19.9 Å². The lowest BCUT2D eigenvalue weighted by molar-refractivity contribution is -0.136. The lowest BCUT2D eigenvalue weighted by Crippen LogP contribution is -2.10. The van der Waals surface area contributed by atoms with Gasteiger partial charge >= 0.3 is 5.97 Å². The maximum atomic E-state index is 10.6. The van der Waals surface area contributed by atoms with Gasteiger partial charge in [0, 0.05) is 4.83 Å². The third-order valence-electron chi connectivity index (χ3n) is 2.54. The number of alkyl halides is 1. The number of ether oxygens (including phenoxy) is 1. The molecule has 0 saturated carbocycles. The van der Waals surface area contributed by atoms with E-state index < -0.39 is 5.97 Å². The van der Waals surface area contributed by atoms with Crippen LogP contribution in [0.3, 0.4) is 0 Å². The molecule has 0 fully saturated rings. The Kier molecular flexibility index (Phi) is 5.00. The number of carboxylic acid groups (broad SMARTS) is 1. The minimum absolute atomic E-state index is 0.0740. The van der Waals surface area contributed by atoms with Gasteiger partial charge in [-0.05, 0) is 31.4 Å². The zero-order valence-corrected chi connectivity index (χ0v) is 11.9. The third kappa shape index (κ3) is 4.04. The van der Waals surface area contributed by atoms with E-state index in [1.165, 1.54) is 0 Å². The van der Waals surface area contributed by atoms with Gasteiger partial charge in [-0.15, -0.1) is 0 Å². The van der Waals surface area contributed by atoms with Gasteiger partial charge in [-0.1, -0.05) is 33.6 Å². The van der Waals surface area contributed by atoms with Gasteiger partial charge in [0.1, 0.15) is 5.75 Å². The fourth-order valence-electron chi connectivity index (χ4n) is 1.99. The maximum Gasteiger partial charge on any atom is 0.304 e. The van der Waals surface area contributed by atoms with Gasteiger partial charge in [-0.2, -0.15) is 0 Å². The van der Waals surface area contributed by atoms with E-state index in [2.05, 4.69) is 22.0 Å². The van der Waals surface area contributed by atoms with Gasteiger partial charge in [0.25, 0.3) is 0 Å². The number of rotatable bonds is 5. The molecule has 0 spiro atoms. The van der Waals surface area contributed by atoms with Crippen molar-refractivity contribution in [3.8, 4) is 5.75 Å².